The van der Waals surface area contributed by atoms with Crippen molar-refractivity contribution in [3.8, 4) is 0 Å². The fraction of sp³-hybridized carbons (Fsp3) is 0.786. The van der Waals surface area contributed by atoms with E-state index in [2.05, 4.69) is 16.7 Å². The maximum absolute atomic E-state index is 5.69. The van der Waals surface area contributed by atoms with Crippen LogP contribution in [0.4, 0.5) is 0 Å². The highest BCUT2D eigenvalue weighted by Crippen LogP contribution is 2.28. The monoisotopic (exact) mass is 250 g/mol. The summed E-state index contributed by atoms with van der Waals surface area (Å²) in [5.74, 6) is 6.57. The molecule has 4 heteroatoms. The Bertz CT molecular complexity index is 341. The van der Waals surface area contributed by atoms with Crippen molar-refractivity contribution in [1.29, 1.82) is 0 Å². The lowest BCUT2D eigenvalue weighted by molar-refractivity contribution is 0.292. The van der Waals surface area contributed by atoms with E-state index in [9.17, 15) is 0 Å². The fourth-order valence-electron chi connectivity index (χ4n) is 3.04. The van der Waals surface area contributed by atoms with Crippen LogP contribution < -0.4 is 11.3 Å². The second-order valence-electron chi connectivity index (χ2n) is 5.66. The number of aryl methyl sites for hydroxylation is 2. The Kier molecular flexibility index (Phi) is 5.20. The molecular formula is C14H26N4. The van der Waals surface area contributed by atoms with E-state index in [4.69, 9.17) is 5.84 Å². The molecule has 1 aromatic heterocycles. The summed E-state index contributed by atoms with van der Waals surface area (Å²) in [4.78, 5) is 0. The minimum absolute atomic E-state index is 0.452. The van der Waals surface area contributed by atoms with Gasteiger partial charge in [0.05, 0.1) is 6.20 Å². The van der Waals surface area contributed by atoms with Crippen molar-refractivity contribution in [2.45, 2.75) is 57.4 Å². The van der Waals surface area contributed by atoms with Crippen molar-refractivity contribution in [2.75, 3.05) is 0 Å². The second kappa shape index (κ2) is 6.90. The molecule has 0 spiro atoms. The van der Waals surface area contributed by atoms with Crippen molar-refractivity contribution < 1.29 is 0 Å². The average Bonchev–Trinajstić information content (AvgIpc) is 2.81. The van der Waals surface area contributed by atoms with Crippen molar-refractivity contribution in [3.05, 3.63) is 18.0 Å². The molecule has 4 nitrogen and oxygen atoms in total. The third-order valence-electron chi connectivity index (χ3n) is 4.12. The number of nitrogens with two attached hydrogens (primary N) is 1. The summed E-state index contributed by atoms with van der Waals surface area (Å²) >= 11 is 0. The molecule has 0 radical (unpaired) electrons. The van der Waals surface area contributed by atoms with Crippen LogP contribution in [0.1, 0.15) is 50.5 Å². The minimum atomic E-state index is 0.452. The Morgan fingerprint density at radius 2 is 2.22 bits per heavy atom. The van der Waals surface area contributed by atoms with Crippen molar-refractivity contribution in [3.63, 3.8) is 0 Å². The molecule has 1 fully saturated rings. The van der Waals surface area contributed by atoms with Gasteiger partial charge in [0.25, 0.3) is 0 Å². The topological polar surface area (TPSA) is 55.9 Å². The van der Waals surface area contributed by atoms with Crippen molar-refractivity contribution in [1.82, 2.24) is 15.2 Å². The summed E-state index contributed by atoms with van der Waals surface area (Å²) in [5.41, 5.74) is 4.31. The molecule has 3 N–H and O–H groups in total. The van der Waals surface area contributed by atoms with Crippen LogP contribution in [0.3, 0.4) is 0 Å². The lowest BCUT2D eigenvalue weighted by Crippen LogP contribution is -2.37. The van der Waals surface area contributed by atoms with Crippen LogP contribution in [0.2, 0.25) is 0 Å². The summed E-state index contributed by atoms with van der Waals surface area (Å²) in [6, 6.07) is 0.452. The van der Waals surface area contributed by atoms with E-state index in [0.717, 1.165) is 18.8 Å². The first-order chi connectivity index (χ1) is 8.78. The highest BCUT2D eigenvalue weighted by atomic mass is 15.2. The van der Waals surface area contributed by atoms with Gasteiger partial charge in [-0.2, -0.15) is 5.10 Å². The second-order valence-corrected chi connectivity index (χ2v) is 5.66. The maximum Gasteiger partial charge on any atom is 0.0521 e. The highest BCUT2D eigenvalue weighted by Gasteiger charge is 2.18. The Hall–Kier alpha value is -0.870. The van der Waals surface area contributed by atoms with E-state index >= 15 is 0 Å². The molecule has 102 valence electrons. The zero-order valence-electron chi connectivity index (χ0n) is 11.4. The molecule has 1 heterocycles. The van der Waals surface area contributed by atoms with Crippen LogP contribution in [0.15, 0.2) is 12.4 Å². The summed E-state index contributed by atoms with van der Waals surface area (Å²) in [7, 11) is 1.96. The van der Waals surface area contributed by atoms with Gasteiger partial charge in [-0.05, 0) is 30.7 Å². The Morgan fingerprint density at radius 1 is 1.44 bits per heavy atom. The van der Waals surface area contributed by atoms with Gasteiger partial charge < -0.3 is 0 Å². The Labute approximate surface area is 110 Å². The smallest absolute Gasteiger partial charge is 0.0521 e. The Balaban J connectivity index is 1.74. The number of aromatic nitrogens is 2. The molecule has 0 bridgehead atoms. The lowest BCUT2D eigenvalue weighted by atomic mass is 9.84. The quantitative estimate of drug-likeness (QED) is 0.601. The van der Waals surface area contributed by atoms with Gasteiger partial charge in [0.2, 0.25) is 0 Å². The van der Waals surface area contributed by atoms with Gasteiger partial charge in [0.15, 0.2) is 0 Å². The number of rotatable bonds is 6. The summed E-state index contributed by atoms with van der Waals surface area (Å²) in [6.45, 7) is 0. The number of hydrazine groups is 1. The largest absolute Gasteiger partial charge is 0.276 e. The zero-order valence-corrected chi connectivity index (χ0v) is 11.4. The minimum Gasteiger partial charge on any atom is -0.276 e. The number of hydrogen-bond acceptors (Lipinski definition) is 3. The van der Waals surface area contributed by atoms with Crippen molar-refractivity contribution >= 4 is 0 Å². The molecule has 18 heavy (non-hydrogen) atoms. The molecule has 1 saturated carbocycles. The van der Waals surface area contributed by atoms with Crippen LogP contribution in [-0.2, 0) is 13.5 Å². The zero-order chi connectivity index (χ0) is 12.8. The van der Waals surface area contributed by atoms with Crippen molar-refractivity contribution in [2.24, 2.45) is 18.8 Å². The molecule has 1 aliphatic rings. The predicted molar refractivity (Wildman–Crippen MR) is 73.8 cm³/mol. The molecule has 1 unspecified atom stereocenters. The van der Waals surface area contributed by atoms with Gasteiger partial charge in [-0.15, -0.1) is 0 Å². The molecular weight excluding hydrogens is 224 g/mol. The summed E-state index contributed by atoms with van der Waals surface area (Å²) in [5, 5.41) is 4.20. The number of nitrogens with one attached hydrogen (secondary N) is 1. The first kappa shape index (κ1) is 13.6. The average molecular weight is 250 g/mol. The number of hydrogen-bond donors (Lipinski definition) is 2. The molecule has 1 atom stereocenters. The van der Waals surface area contributed by atoms with Gasteiger partial charge in [-0.25, -0.2) is 0 Å². The number of nitrogens with zero attached hydrogens (tertiary/aromatic N) is 2. The summed E-state index contributed by atoms with van der Waals surface area (Å²) < 4.78 is 1.86. The van der Waals surface area contributed by atoms with Gasteiger partial charge >= 0.3 is 0 Å². The summed E-state index contributed by atoms with van der Waals surface area (Å²) in [6.07, 6.45) is 14.5. The first-order valence-corrected chi connectivity index (χ1v) is 7.21. The van der Waals surface area contributed by atoms with E-state index in [1.165, 1.54) is 44.1 Å². The van der Waals surface area contributed by atoms with Crippen LogP contribution in [0.5, 0.6) is 0 Å². The van der Waals surface area contributed by atoms with Gasteiger partial charge in [-0.1, -0.05) is 32.1 Å². The third-order valence-corrected chi connectivity index (χ3v) is 4.12. The first-order valence-electron chi connectivity index (χ1n) is 7.21. The van der Waals surface area contributed by atoms with Crippen LogP contribution >= 0.6 is 0 Å². The van der Waals surface area contributed by atoms with E-state index in [0.29, 0.717) is 6.04 Å². The van der Waals surface area contributed by atoms with Gasteiger partial charge in [0, 0.05) is 19.3 Å². The maximum atomic E-state index is 5.69. The van der Waals surface area contributed by atoms with Crippen LogP contribution in [0, 0.1) is 5.92 Å². The standard InChI is InChI=1S/C14H26N4/c1-18-11-13(10-16-18)7-8-14(17-15)9-12-5-3-2-4-6-12/h10-12,14,17H,2-9,15H2,1H3. The Morgan fingerprint density at radius 3 is 2.83 bits per heavy atom. The lowest BCUT2D eigenvalue weighted by Gasteiger charge is -2.26. The molecule has 0 aliphatic heterocycles. The van der Waals surface area contributed by atoms with Crippen LogP contribution in [-0.4, -0.2) is 15.8 Å². The van der Waals surface area contributed by atoms with E-state index in [1.54, 1.807) is 0 Å². The predicted octanol–water partition coefficient (Wildman–Crippen LogP) is 2.16. The van der Waals surface area contributed by atoms with Crippen LogP contribution in [0.25, 0.3) is 0 Å². The van der Waals surface area contributed by atoms with E-state index in [1.807, 2.05) is 17.9 Å². The molecule has 1 aliphatic carbocycles. The SMILES string of the molecule is Cn1cc(CCC(CC2CCCCC2)NN)cn1. The van der Waals surface area contributed by atoms with Gasteiger partial charge in [-0.3, -0.25) is 16.0 Å². The fourth-order valence-corrected chi connectivity index (χ4v) is 3.04. The normalized spacial score (nSPS) is 19.0. The van der Waals surface area contributed by atoms with E-state index < -0.39 is 0 Å². The highest BCUT2D eigenvalue weighted by molar-refractivity contribution is 5.03. The molecule has 2 rings (SSSR count). The third kappa shape index (κ3) is 4.10. The molecule has 0 amide bonds. The van der Waals surface area contributed by atoms with E-state index in [-0.39, 0.29) is 0 Å². The molecule has 0 saturated heterocycles. The molecule has 0 aromatic carbocycles. The molecule has 1 aromatic rings. The van der Waals surface area contributed by atoms with Gasteiger partial charge in [0.1, 0.15) is 0 Å².